The van der Waals surface area contributed by atoms with Crippen LogP contribution in [0.25, 0.3) is 10.9 Å². The first-order valence-electron chi connectivity index (χ1n) is 9.47. The van der Waals surface area contributed by atoms with Crippen molar-refractivity contribution in [2.24, 2.45) is 0 Å². The van der Waals surface area contributed by atoms with E-state index in [9.17, 15) is 10.1 Å². The number of nitrogens with one attached hydrogen (secondary N) is 2. The summed E-state index contributed by atoms with van der Waals surface area (Å²) in [4.78, 5) is 18.7. The van der Waals surface area contributed by atoms with Gasteiger partial charge in [0, 0.05) is 46.1 Å². The Balaban J connectivity index is 2.05. The molecule has 3 rings (SSSR count). The van der Waals surface area contributed by atoms with Crippen LogP contribution in [0.5, 0.6) is 5.75 Å². The highest BCUT2D eigenvalue weighted by Gasteiger charge is 2.15. The summed E-state index contributed by atoms with van der Waals surface area (Å²) in [6.45, 7) is 0.657. The molecule has 158 valence electrons. The number of fused-ring (bicyclic) bond motifs is 1. The van der Waals surface area contributed by atoms with Gasteiger partial charge in [-0.25, -0.2) is 0 Å². The molecule has 7 nitrogen and oxygen atoms in total. The molecule has 2 N–H and O–H groups in total. The van der Waals surface area contributed by atoms with E-state index in [1.165, 1.54) is 12.3 Å². The van der Waals surface area contributed by atoms with Crippen molar-refractivity contribution < 1.29 is 9.53 Å². The number of methoxy groups -OCH3 is 1. The van der Waals surface area contributed by atoms with Gasteiger partial charge in [-0.2, -0.15) is 5.26 Å². The summed E-state index contributed by atoms with van der Waals surface area (Å²) in [6, 6.07) is 13.3. The van der Waals surface area contributed by atoms with Crippen molar-refractivity contribution in [3.8, 4) is 11.8 Å². The van der Waals surface area contributed by atoms with Gasteiger partial charge in [0.2, 0.25) is 5.91 Å². The molecule has 31 heavy (non-hydrogen) atoms. The molecular formula is C23H22BrN5O2. The number of nitriles is 1. The molecule has 0 aliphatic rings. The number of benzene rings is 2. The minimum atomic E-state index is -0.255. The number of pyridine rings is 1. The molecule has 0 spiro atoms. The molecule has 1 heterocycles. The standard InChI is InChI=1S/C23H22BrN5O2/c1-29(2)9-5-8-21(30)27-18-11-19-22(28-17-7-4-6-16(24)10-17)15(13-25)14-26-23(19)20(12-18)31-3/h4-8,10-12,14H,9H2,1-3H3,(H,26,28)(H,27,30). The number of ether oxygens (including phenoxy) is 1. The molecule has 8 heteroatoms. The number of carbonyl (C=O) groups is 1. The van der Waals surface area contributed by atoms with Crippen molar-refractivity contribution in [1.82, 2.24) is 9.88 Å². The van der Waals surface area contributed by atoms with Gasteiger partial charge in [0.25, 0.3) is 0 Å². The van der Waals surface area contributed by atoms with Crippen LogP contribution in [0.1, 0.15) is 5.56 Å². The van der Waals surface area contributed by atoms with Crippen LogP contribution in [0, 0.1) is 11.3 Å². The van der Waals surface area contributed by atoms with E-state index in [0.717, 1.165) is 10.2 Å². The Morgan fingerprint density at radius 3 is 2.77 bits per heavy atom. The Labute approximate surface area is 189 Å². The predicted octanol–water partition coefficient (Wildman–Crippen LogP) is 4.68. The maximum Gasteiger partial charge on any atom is 0.248 e. The highest BCUT2D eigenvalue weighted by atomic mass is 79.9. The quantitative estimate of drug-likeness (QED) is 0.478. The highest BCUT2D eigenvalue weighted by Crippen LogP contribution is 2.36. The number of carbonyl (C=O) groups excluding carboxylic acids is 1. The summed E-state index contributed by atoms with van der Waals surface area (Å²) in [6.07, 6.45) is 4.78. The molecule has 0 aliphatic carbocycles. The highest BCUT2D eigenvalue weighted by molar-refractivity contribution is 9.10. The molecule has 1 amide bonds. The molecule has 0 saturated carbocycles. The smallest absolute Gasteiger partial charge is 0.248 e. The minimum Gasteiger partial charge on any atom is -0.494 e. The molecule has 0 saturated heterocycles. The second-order valence-corrected chi connectivity index (χ2v) is 7.94. The molecule has 0 aliphatic heterocycles. The molecule has 1 aromatic heterocycles. The minimum absolute atomic E-state index is 0.255. The Bertz CT molecular complexity index is 1180. The molecule has 0 atom stereocenters. The first kappa shape index (κ1) is 22.3. The zero-order chi connectivity index (χ0) is 22.4. The van der Waals surface area contributed by atoms with Gasteiger partial charge in [-0.05, 0) is 38.4 Å². The van der Waals surface area contributed by atoms with E-state index < -0.39 is 0 Å². The fourth-order valence-corrected chi connectivity index (χ4v) is 3.38. The van der Waals surface area contributed by atoms with Crippen molar-refractivity contribution in [3.05, 3.63) is 64.8 Å². The number of amides is 1. The summed E-state index contributed by atoms with van der Waals surface area (Å²) in [5.74, 6) is 0.237. The maximum atomic E-state index is 12.3. The number of halogens is 1. The van der Waals surface area contributed by atoms with Crippen LogP contribution in [0.4, 0.5) is 17.1 Å². The number of anilines is 3. The lowest BCUT2D eigenvalue weighted by atomic mass is 10.1. The van der Waals surface area contributed by atoms with Crippen molar-refractivity contribution in [2.75, 3.05) is 38.4 Å². The average Bonchev–Trinajstić information content (AvgIpc) is 2.73. The topological polar surface area (TPSA) is 90.3 Å². The lowest BCUT2D eigenvalue weighted by Gasteiger charge is -2.15. The zero-order valence-corrected chi connectivity index (χ0v) is 19.0. The summed E-state index contributed by atoms with van der Waals surface area (Å²) >= 11 is 3.46. The van der Waals surface area contributed by atoms with Crippen LogP contribution in [0.15, 0.2) is 59.2 Å². The largest absolute Gasteiger partial charge is 0.494 e. The predicted molar refractivity (Wildman–Crippen MR) is 127 cm³/mol. The first-order valence-corrected chi connectivity index (χ1v) is 10.3. The van der Waals surface area contributed by atoms with Crippen LogP contribution in [0.2, 0.25) is 0 Å². The number of likely N-dealkylation sites (N-methyl/N-ethyl adjacent to an activating group) is 1. The average molecular weight is 480 g/mol. The zero-order valence-electron chi connectivity index (χ0n) is 17.4. The second-order valence-electron chi connectivity index (χ2n) is 7.02. The lowest BCUT2D eigenvalue weighted by molar-refractivity contribution is -0.111. The fourth-order valence-electron chi connectivity index (χ4n) is 2.98. The number of aromatic nitrogens is 1. The first-order chi connectivity index (χ1) is 14.9. The Morgan fingerprint density at radius 2 is 2.10 bits per heavy atom. The third-order valence-corrected chi connectivity index (χ3v) is 4.87. The Morgan fingerprint density at radius 1 is 1.29 bits per heavy atom. The Hall–Kier alpha value is -3.41. The molecule has 0 radical (unpaired) electrons. The summed E-state index contributed by atoms with van der Waals surface area (Å²) in [5.41, 5.74) is 2.89. The van der Waals surface area contributed by atoms with Gasteiger partial charge in [0.05, 0.1) is 18.4 Å². The summed E-state index contributed by atoms with van der Waals surface area (Å²) < 4.78 is 6.41. The van der Waals surface area contributed by atoms with Gasteiger partial charge in [0.15, 0.2) is 0 Å². The van der Waals surface area contributed by atoms with E-state index in [1.54, 1.807) is 25.3 Å². The molecule has 3 aromatic rings. The van der Waals surface area contributed by atoms with Crippen molar-refractivity contribution >= 4 is 49.8 Å². The van der Waals surface area contributed by atoms with Crippen LogP contribution in [-0.2, 0) is 4.79 Å². The number of nitrogens with zero attached hydrogens (tertiary/aromatic N) is 3. The molecule has 0 fully saturated rings. The van der Waals surface area contributed by atoms with E-state index in [-0.39, 0.29) is 5.91 Å². The maximum absolute atomic E-state index is 12.3. The van der Waals surface area contributed by atoms with E-state index in [1.807, 2.05) is 43.3 Å². The molecule has 2 aromatic carbocycles. The lowest BCUT2D eigenvalue weighted by Crippen LogP contribution is -2.13. The summed E-state index contributed by atoms with van der Waals surface area (Å²) in [7, 11) is 5.39. The van der Waals surface area contributed by atoms with Gasteiger partial charge in [-0.1, -0.05) is 28.1 Å². The third-order valence-electron chi connectivity index (χ3n) is 4.38. The van der Waals surface area contributed by atoms with E-state index in [4.69, 9.17) is 4.74 Å². The SMILES string of the molecule is COc1cc(NC(=O)C=CCN(C)C)cc2c(Nc3cccc(Br)c3)c(C#N)cnc12. The number of rotatable bonds is 7. The van der Waals surface area contributed by atoms with Crippen LogP contribution in [0.3, 0.4) is 0 Å². The van der Waals surface area contributed by atoms with Crippen LogP contribution >= 0.6 is 15.9 Å². The normalized spacial score (nSPS) is 11.0. The van der Waals surface area contributed by atoms with Gasteiger partial charge in [-0.15, -0.1) is 0 Å². The van der Waals surface area contributed by atoms with E-state index in [0.29, 0.717) is 40.1 Å². The molecular weight excluding hydrogens is 458 g/mol. The Kier molecular flexibility index (Phi) is 7.23. The van der Waals surface area contributed by atoms with Crippen LogP contribution in [-0.4, -0.2) is 43.5 Å². The van der Waals surface area contributed by atoms with E-state index >= 15 is 0 Å². The summed E-state index contributed by atoms with van der Waals surface area (Å²) in [5, 5.41) is 16.5. The van der Waals surface area contributed by atoms with Crippen molar-refractivity contribution in [2.45, 2.75) is 0 Å². The number of hydrogen-bond donors (Lipinski definition) is 2. The molecule has 0 bridgehead atoms. The van der Waals surface area contributed by atoms with Crippen molar-refractivity contribution in [1.29, 1.82) is 5.26 Å². The van der Waals surface area contributed by atoms with Gasteiger partial charge in [0.1, 0.15) is 17.3 Å². The van der Waals surface area contributed by atoms with Gasteiger partial charge in [-0.3, -0.25) is 9.78 Å². The van der Waals surface area contributed by atoms with Crippen LogP contribution < -0.4 is 15.4 Å². The third kappa shape index (κ3) is 5.60. The number of hydrogen-bond acceptors (Lipinski definition) is 6. The second kappa shape index (κ2) is 10.1. The fraction of sp³-hybridized carbons (Fsp3) is 0.174. The van der Waals surface area contributed by atoms with E-state index in [2.05, 4.69) is 37.6 Å². The van der Waals surface area contributed by atoms with Gasteiger partial charge < -0.3 is 20.3 Å². The van der Waals surface area contributed by atoms with Gasteiger partial charge >= 0.3 is 0 Å². The molecule has 0 unspecified atom stereocenters. The van der Waals surface area contributed by atoms with Crippen molar-refractivity contribution in [3.63, 3.8) is 0 Å². The monoisotopic (exact) mass is 479 g/mol.